The maximum atomic E-state index is 13.5. The molecule has 1 amide bonds. The van der Waals surface area contributed by atoms with Crippen LogP contribution >= 0.6 is 0 Å². The lowest BCUT2D eigenvalue weighted by Gasteiger charge is -2.08. The van der Waals surface area contributed by atoms with Crippen molar-refractivity contribution in [2.45, 2.75) is 32.6 Å². The van der Waals surface area contributed by atoms with Gasteiger partial charge in [-0.2, -0.15) is 0 Å². The molecule has 5 heteroatoms. The van der Waals surface area contributed by atoms with Crippen LogP contribution in [0.4, 0.5) is 10.1 Å². The summed E-state index contributed by atoms with van der Waals surface area (Å²) in [5.41, 5.74) is 1.85. The number of carbonyl (C=O) groups is 1. The summed E-state index contributed by atoms with van der Waals surface area (Å²) in [7, 11) is 0. The van der Waals surface area contributed by atoms with Gasteiger partial charge in [-0.1, -0.05) is 38.0 Å². The Hall–Kier alpha value is -2.43. The zero-order chi connectivity index (χ0) is 17.2. The molecule has 2 rings (SSSR count). The number of amides is 1. The van der Waals surface area contributed by atoms with E-state index in [1.165, 1.54) is 18.9 Å². The van der Waals surface area contributed by atoms with Gasteiger partial charge in [0.15, 0.2) is 0 Å². The molecule has 2 aromatic rings. The van der Waals surface area contributed by atoms with E-state index in [1.807, 2.05) is 6.07 Å². The molecule has 0 unspecified atom stereocenters. The van der Waals surface area contributed by atoms with Crippen molar-refractivity contribution < 1.29 is 9.18 Å². The molecule has 0 aliphatic carbocycles. The van der Waals surface area contributed by atoms with Crippen LogP contribution in [0, 0.1) is 5.82 Å². The normalized spacial score (nSPS) is 10.4. The zero-order valence-electron chi connectivity index (χ0n) is 14.0. The molecular weight excluding hydrogens is 305 g/mol. The first-order valence-electron chi connectivity index (χ1n) is 8.42. The number of carbonyl (C=O) groups excluding carboxylic acids is 1. The highest BCUT2D eigenvalue weighted by atomic mass is 19.1. The lowest BCUT2D eigenvalue weighted by atomic mass is 10.1. The smallest absolute Gasteiger partial charge is 0.269 e. The van der Waals surface area contributed by atoms with Crippen LogP contribution in [0.25, 0.3) is 0 Å². The van der Waals surface area contributed by atoms with E-state index in [0.717, 1.165) is 18.7 Å². The van der Waals surface area contributed by atoms with E-state index in [4.69, 9.17) is 0 Å². The Bertz CT molecular complexity index is 661. The molecule has 0 radical (unpaired) electrons. The fraction of sp³-hybridized carbons (Fsp3) is 0.368. The summed E-state index contributed by atoms with van der Waals surface area (Å²) in [6, 6.07) is 10.2. The van der Waals surface area contributed by atoms with E-state index < -0.39 is 0 Å². The number of hydrogen-bond acceptors (Lipinski definition) is 3. The monoisotopic (exact) mass is 329 g/mol. The van der Waals surface area contributed by atoms with E-state index in [2.05, 4.69) is 22.5 Å². The van der Waals surface area contributed by atoms with Crippen LogP contribution in [0.15, 0.2) is 42.6 Å². The van der Waals surface area contributed by atoms with E-state index in [-0.39, 0.29) is 11.7 Å². The van der Waals surface area contributed by atoms with Gasteiger partial charge in [-0.15, -0.1) is 0 Å². The van der Waals surface area contributed by atoms with Crippen LogP contribution < -0.4 is 10.6 Å². The lowest BCUT2D eigenvalue weighted by Crippen LogP contribution is -2.26. The summed E-state index contributed by atoms with van der Waals surface area (Å²) in [5.74, 6) is -0.494. The van der Waals surface area contributed by atoms with Gasteiger partial charge in [-0.05, 0) is 36.6 Å². The van der Waals surface area contributed by atoms with Crippen molar-refractivity contribution in [3.05, 3.63) is 59.7 Å². The van der Waals surface area contributed by atoms with Gasteiger partial charge in [-0.25, -0.2) is 4.39 Å². The Labute approximate surface area is 142 Å². The van der Waals surface area contributed by atoms with Gasteiger partial charge in [0.1, 0.15) is 11.5 Å². The molecule has 0 saturated carbocycles. The molecule has 0 saturated heterocycles. The van der Waals surface area contributed by atoms with Crippen molar-refractivity contribution in [2.75, 3.05) is 18.4 Å². The SMILES string of the molecule is CCCCCNc1ccnc(C(=O)NCCc2ccccc2F)c1. The van der Waals surface area contributed by atoms with Gasteiger partial charge < -0.3 is 10.6 Å². The minimum atomic E-state index is -0.247. The van der Waals surface area contributed by atoms with Gasteiger partial charge in [0.2, 0.25) is 0 Å². The predicted molar refractivity (Wildman–Crippen MR) is 94.7 cm³/mol. The number of halogens is 1. The van der Waals surface area contributed by atoms with Crippen LogP contribution in [0.1, 0.15) is 42.2 Å². The Balaban J connectivity index is 1.82. The maximum Gasteiger partial charge on any atom is 0.269 e. The number of pyridine rings is 1. The van der Waals surface area contributed by atoms with E-state index in [9.17, 15) is 9.18 Å². The second-order valence-electron chi connectivity index (χ2n) is 5.66. The highest BCUT2D eigenvalue weighted by Gasteiger charge is 2.08. The molecule has 128 valence electrons. The summed E-state index contributed by atoms with van der Waals surface area (Å²) in [6.45, 7) is 3.41. The predicted octanol–water partition coefficient (Wildman–Crippen LogP) is 3.80. The fourth-order valence-corrected chi connectivity index (χ4v) is 2.37. The summed E-state index contributed by atoms with van der Waals surface area (Å²) < 4.78 is 13.5. The molecule has 0 atom stereocenters. The molecule has 0 fully saturated rings. The minimum absolute atomic E-state index is 0.247. The molecular formula is C19H24FN3O. The van der Waals surface area contributed by atoms with Crippen LogP contribution in [0.5, 0.6) is 0 Å². The number of aromatic nitrogens is 1. The molecule has 1 heterocycles. The molecule has 0 aliphatic rings. The number of nitrogens with zero attached hydrogens (tertiary/aromatic N) is 1. The maximum absolute atomic E-state index is 13.5. The second-order valence-corrected chi connectivity index (χ2v) is 5.66. The van der Waals surface area contributed by atoms with Crippen LogP contribution in [-0.2, 0) is 6.42 Å². The molecule has 0 bridgehead atoms. The molecule has 0 spiro atoms. The standard InChI is InChI=1S/C19H24FN3O/c1-2-3-6-11-21-16-10-13-22-18(14-16)19(24)23-12-9-15-7-4-5-8-17(15)20/h4-5,7-8,10,13-14H,2-3,6,9,11-12H2,1H3,(H,21,22)(H,23,24). The number of hydrogen-bond donors (Lipinski definition) is 2. The Morgan fingerprint density at radius 2 is 2.00 bits per heavy atom. The van der Waals surface area contributed by atoms with Crippen molar-refractivity contribution in [1.82, 2.24) is 10.3 Å². The fourth-order valence-electron chi connectivity index (χ4n) is 2.37. The Morgan fingerprint density at radius 3 is 2.79 bits per heavy atom. The van der Waals surface area contributed by atoms with E-state index >= 15 is 0 Å². The number of anilines is 1. The summed E-state index contributed by atoms with van der Waals surface area (Å²) >= 11 is 0. The highest BCUT2D eigenvalue weighted by Crippen LogP contribution is 2.09. The Morgan fingerprint density at radius 1 is 1.17 bits per heavy atom. The second kappa shape index (κ2) is 9.65. The topological polar surface area (TPSA) is 54.0 Å². The van der Waals surface area contributed by atoms with Gasteiger partial charge in [-0.3, -0.25) is 9.78 Å². The molecule has 0 aliphatic heterocycles. The molecule has 4 nitrogen and oxygen atoms in total. The number of benzene rings is 1. The van der Waals surface area contributed by atoms with Crippen molar-refractivity contribution in [3.63, 3.8) is 0 Å². The van der Waals surface area contributed by atoms with Crippen molar-refractivity contribution in [3.8, 4) is 0 Å². The van der Waals surface area contributed by atoms with Crippen LogP contribution in [-0.4, -0.2) is 24.0 Å². The number of unbranched alkanes of at least 4 members (excludes halogenated alkanes) is 2. The Kier molecular flexibility index (Phi) is 7.21. The first-order chi connectivity index (χ1) is 11.7. The summed E-state index contributed by atoms with van der Waals surface area (Å²) in [5, 5.41) is 6.08. The lowest BCUT2D eigenvalue weighted by molar-refractivity contribution is 0.0949. The first-order valence-corrected chi connectivity index (χ1v) is 8.42. The quantitative estimate of drug-likeness (QED) is 0.688. The van der Waals surface area contributed by atoms with Crippen molar-refractivity contribution >= 4 is 11.6 Å². The number of rotatable bonds is 9. The van der Waals surface area contributed by atoms with Crippen molar-refractivity contribution in [2.24, 2.45) is 0 Å². The first kappa shape index (κ1) is 17.9. The molecule has 1 aromatic heterocycles. The van der Waals surface area contributed by atoms with E-state index in [1.54, 1.807) is 30.5 Å². The third-order valence-electron chi connectivity index (χ3n) is 3.74. The summed E-state index contributed by atoms with van der Waals surface area (Å²) in [6.07, 6.45) is 5.53. The average Bonchev–Trinajstić information content (AvgIpc) is 2.60. The molecule has 2 N–H and O–H groups in total. The molecule has 24 heavy (non-hydrogen) atoms. The van der Waals surface area contributed by atoms with Crippen molar-refractivity contribution in [1.29, 1.82) is 0 Å². The van der Waals surface area contributed by atoms with Gasteiger partial charge in [0, 0.05) is 25.0 Å². The third kappa shape index (κ3) is 5.65. The number of nitrogens with one attached hydrogen (secondary N) is 2. The zero-order valence-corrected chi connectivity index (χ0v) is 14.0. The highest BCUT2D eigenvalue weighted by molar-refractivity contribution is 5.93. The minimum Gasteiger partial charge on any atom is -0.385 e. The largest absolute Gasteiger partial charge is 0.385 e. The van der Waals surface area contributed by atoms with Crippen LogP contribution in [0.2, 0.25) is 0 Å². The average molecular weight is 329 g/mol. The van der Waals surface area contributed by atoms with Gasteiger partial charge in [0.25, 0.3) is 5.91 Å². The third-order valence-corrected chi connectivity index (χ3v) is 3.74. The van der Waals surface area contributed by atoms with Crippen LogP contribution in [0.3, 0.4) is 0 Å². The summed E-state index contributed by atoms with van der Waals surface area (Å²) in [4.78, 5) is 16.3. The molecule has 1 aromatic carbocycles. The van der Waals surface area contributed by atoms with E-state index in [0.29, 0.717) is 24.2 Å². The van der Waals surface area contributed by atoms with Gasteiger partial charge in [0.05, 0.1) is 0 Å². The van der Waals surface area contributed by atoms with Gasteiger partial charge >= 0.3 is 0 Å².